The number of hydrogen-bond acceptors (Lipinski definition) is 3. The molecule has 2 heterocycles. The van der Waals surface area contributed by atoms with Gasteiger partial charge in [0.15, 0.2) is 11.5 Å². The summed E-state index contributed by atoms with van der Waals surface area (Å²) in [5.74, 6) is 0.562. The molecular formula is C11H14N4O. The molecule has 0 unspecified atom stereocenters. The highest BCUT2D eigenvalue weighted by atomic mass is 16.1. The van der Waals surface area contributed by atoms with Crippen molar-refractivity contribution < 1.29 is 4.79 Å². The Hall–Kier alpha value is -2.04. The van der Waals surface area contributed by atoms with Gasteiger partial charge in [-0.1, -0.05) is 6.58 Å². The summed E-state index contributed by atoms with van der Waals surface area (Å²) in [6, 6.07) is 0. The minimum atomic E-state index is -0.192. The monoisotopic (exact) mass is 218 g/mol. The molecule has 0 aromatic carbocycles. The second-order valence-corrected chi connectivity index (χ2v) is 3.70. The number of amides is 1. The van der Waals surface area contributed by atoms with Crippen molar-refractivity contribution in [2.24, 2.45) is 0 Å². The van der Waals surface area contributed by atoms with Crippen LogP contribution in [0.2, 0.25) is 0 Å². The molecule has 1 aliphatic rings. The molecule has 0 saturated heterocycles. The number of allylic oxidation sites excluding steroid dienone is 2. The van der Waals surface area contributed by atoms with E-state index in [4.69, 9.17) is 0 Å². The van der Waals surface area contributed by atoms with Gasteiger partial charge in [0.05, 0.1) is 0 Å². The molecule has 0 atom stereocenters. The molecule has 1 aromatic heterocycles. The van der Waals surface area contributed by atoms with Crippen LogP contribution in [0.15, 0.2) is 24.7 Å². The lowest BCUT2D eigenvalue weighted by molar-refractivity contribution is 0.0959. The predicted octanol–water partition coefficient (Wildman–Crippen LogP) is 1.07. The third kappa shape index (κ3) is 1.32. The summed E-state index contributed by atoms with van der Waals surface area (Å²) < 4.78 is 1.87. The summed E-state index contributed by atoms with van der Waals surface area (Å²) in [6.45, 7) is 5.88. The SMILES string of the molecule is C=C1C=C(C)n2cnc(C(=O)NC)c2N1C. The molecule has 0 saturated carbocycles. The Labute approximate surface area is 94.1 Å². The minimum Gasteiger partial charge on any atom is -0.354 e. The lowest BCUT2D eigenvalue weighted by Crippen LogP contribution is -2.26. The van der Waals surface area contributed by atoms with Crippen LogP contribution in [0.1, 0.15) is 17.4 Å². The first-order chi connectivity index (χ1) is 7.56. The fourth-order valence-electron chi connectivity index (χ4n) is 1.74. The Morgan fingerprint density at radius 2 is 2.25 bits per heavy atom. The van der Waals surface area contributed by atoms with Crippen molar-refractivity contribution in [2.45, 2.75) is 6.92 Å². The standard InChI is InChI=1S/C11H14N4O/c1-7-5-8(2)15-6-13-9(10(16)12-3)11(15)14(7)4/h5-6H,1H2,2-4H3,(H,12,16). The molecule has 0 bridgehead atoms. The number of anilines is 1. The topological polar surface area (TPSA) is 50.2 Å². The highest BCUT2D eigenvalue weighted by Crippen LogP contribution is 2.30. The van der Waals surface area contributed by atoms with Crippen LogP contribution in [0.3, 0.4) is 0 Å². The van der Waals surface area contributed by atoms with Crippen LogP contribution in [0.5, 0.6) is 0 Å². The second kappa shape index (κ2) is 3.52. The number of likely N-dealkylation sites (N-methyl/N-ethyl adjacent to an activating group) is 1. The van der Waals surface area contributed by atoms with E-state index in [-0.39, 0.29) is 5.91 Å². The van der Waals surface area contributed by atoms with E-state index in [0.29, 0.717) is 5.69 Å². The third-order valence-corrected chi connectivity index (χ3v) is 2.69. The average Bonchev–Trinajstić information content (AvgIpc) is 2.70. The molecule has 84 valence electrons. The summed E-state index contributed by atoms with van der Waals surface area (Å²) >= 11 is 0. The lowest BCUT2D eigenvalue weighted by Gasteiger charge is -2.27. The Morgan fingerprint density at radius 3 is 2.88 bits per heavy atom. The van der Waals surface area contributed by atoms with Crippen molar-refractivity contribution in [3.05, 3.63) is 30.4 Å². The number of nitrogens with one attached hydrogen (secondary N) is 1. The summed E-state index contributed by atoms with van der Waals surface area (Å²) in [4.78, 5) is 17.6. The van der Waals surface area contributed by atoms with Crippen molar-refractivity contribution >= 4 is 17.4 Å². The minimum absolute atomic E-state index is 0.192. The van der Waals surface area contributed by atoms with Gasteiger partial charge < -0.3 is 10.2 Å². The number of fused-ring (bicyclic) bond motifs is 1. The van der Waals surface area contributed by atoms with Gasteiger partial charge in [-0.05, 0) is 13.0 Å². The Balaban J connectivity index is 2.61. The number of carbonyl (C=O) groups excluding carboxylic acids is 1. The first kappa shape index (κ1) is 10.5. The molecule has 2 rings (SSSR count). The third-order valence-electron chi connectivity index (χ3n) is 2.69. The molecule has 16 heavy (non-hydrogen) atoms. The van der Waals surface area contributed by atoms with Crippen molar-refractivity contribution in [2.75, 3.05) is 19.0 Å². The summed E-state index contributed by atoms with van der Waals surface area (Å²) in [7, 11) is 3.46. The van der Waals surface area contributed by atoms with Crippen LogP contribution in [-0.2, 0) is 0 Å². The van der Waals surface area contributed by atoms with E-state index in [9.17, 15) is 4.79 Å². The maximum atomic E-state index is 11.6. The number of aromatic nitrogens is 2. The fraction of sp³-hybridized carbons (Fsp3) is 0.273. The van der Waals surface area contributed by atoms with Gasteiger partial charge in [0.1, 0.15) is 6.33 Å². The highest BCUT2D eigenvalue weighted by molar-refractivity contribution is 5.98. The zero-order chi connectivity index (χ0) is 11.9. The first-order valence-corrected chi connectivity index (χ1v) is 4.97. The Morgan fingerprint density at radius 1 is 1.56 bits per heavy atom. The van der Waals surface area contributed by atoms with E-state index in [2.05, 4.69) is 16.9 Å². The molecule has 5 heteroatoms. The molecule has 5 nitrogen and oxygen atoms in total. The molecule has 1 amide bonds. The van der Waals surface area contributed by atoms with Crippen molar-refractivity contribution in [3.63, 3.8) is 0 Å². The number of imidazole rings is 1. The maximum Gasteiger partial charge on any atom is 0.273 e. The van der Waals surface area contributed by atoms with Gasteiger partial charge in [-0.25, -0.2) is 4.98 Å². The van der Waals surface area contributed by atoms with E-state index < -0.39 is 0 Å². The zero-order valence-electron chi connectivity index (χ0n) is 9.61. The second-order valence-electron chi connectivity index (χ2n) is 3.70. The largest absolute Gasteiger partial charge is 0.354 e. The van der Waals surface area contributed by atoms with Crippen LogP contribution in [0, 0.1) is 0 Å². The lowest BCUT2D eigenvalue weighted by atomic mass is 10.2. The molecule has 0 spiro atoms. The van der Waals surface area contributed by atoms with Gasteiger partial charge in [-0.2, -0.15) is 0 Å². The van der Waals surface area contributed by atoms with E-state index in [1.54, 1.807) is 13.4 Å². The van der Waals surface area contributed by atoms with E-state index in [1.165, 1.54) is 0 Å². The molecule has 1 N–H and O–H groups in total. The summed E-state index contributed by atoms with van der Waals surface area (Å²) in [5, 5.41) is 2.58. The number of nitrogens with zero attached hydrogens (tertiary/aromatic N) is 3. The maximum absolute atomic E-state index is 11.6. The number of rotatable bonds is 1. The van der Waals surface area contributed by atoms with Crippen molar-refractivity contribution in [1.29, 1.82) is 0 Å². The molecule has 0 fully saturated rings. The normalized spacial score (nSPS) is 14.6. The molecular weight excluding hydrogens is 204 g/mol. The smallest absolute Gasteiger partial charge is 0.273 e. The van der Waals surface area contributed by atoms with Gasteiger partial charge in [0.25, 0.3) is 5.91 Å². The van der Waals surface area contributed by atoms with Crippen LogP contribution in [0.25, 0.3) is 5.70 Å². The predicted molar refractivity (Wildman–Crippen MR) is 63.1 cm³/mol. The Bertz CT molecular complexity index is 498. The molecule has 0 radical (unpaired) electrons. The van der Waals surface area contributed by atoms with Crippen molar-refractivity contribution in [3.8, 4) is 0 Å². The van der Waals surface area contributed by atoms with E-state index in [0.717, 1.165) is 17.2 Å². The van der Waals surface area contributed by atoms with Gasteiger partial charge in [-0.15, -0.1) is 0 Å². The highest BCUT2D eigenvalue weighted by Gasteiger charge is 2.24. The number of hydrogen-bond donors (Lipinski definition) is 1. The molecule has 0 aliphatic carbocycles. The summed E-state index contributed by atoms with van der Waals surface area (Å²) in [5.41, 5.74) is 2.26. The van der Waals surface area contributed by atoms with Gasteiger partial charge in [-0.3, -0.25) is 9.36 Å². The van der Waals surface area contributed by atoms with E-state index in [1.807, 2.05) is 29.5 Å². The van der Waals surface area contributed by atoms with Crippen LogP contribution < -0.4 is 10.2 Å². The average molecular weight is 218 g/mol. The van der Waals surface area contributed by atoms with Gasteiger partial charge in [0.2, 0.25) is 0 Å². The van der Waals surface area contributed by atoms with Crippen molar-refractivity contribution in [1.82, 2.24) is 14.9 Å². The summed E-state index contributed by atoms with van der Waals surface area (Å²) in [6.07, 6.45) is 3.59. The first-order valence-electron chi connectivity index (χ1n) is 4.97. The quantitative estimate of drug-likeness (QED) is 0.767. The fourth-order valence-corrected chi connectivity index (χ4v) is 1.74. The van der Waals surface area contributed by atoms with Gasteiger partial charge >= 0.3 is 0 Å². The Kier molecular flexibility index (Phi) is 2.30. The van der Waals surface area contributed by atoms with Crippen LogP contribution in [-0.4, -0.2) is 29.6 Å². The molecule has 1 aromatic rings. The van der Waals surface area contributed by atoms with Gasteiger partial charge in [0, 0.05) is 25.5 Å². The van der Waals surface area contributed by atoms with E-state index >= 15 is 0 Å². The molecule has 1 aliphatic heterocycles. The number of carbonyl (C=O) groups is 1. The van der Waals surface area contributed by atoms with Crippen LogP contribution >= 0.6 is 0 Å². The zero-order valence-corrected chi connectivity index (χ0v) is 9.61. The van der Waals surface area contributed by atoms with Crippen LogP contribution in [0.4, 0.5) is 5.82 Å².